The molecular formula is C17H16N6O3S. The quantitative estimate of drug-likeness (QED) is 0.394. The normalized spacial score (nSPS) is 10.6. The first kappa shape index (κ1) is 18.5. The Morgan fingerprint density at radius 3 is 2.70 bits per heavy atom. The van der Waals surface area contributed by atoms with Crippen LogP contribution in [0.25, 0.3) is 5.69 Å². The number of nitro groups is 1. The van der Waals surface area contributed by atoms with E-state index in [1.807, 2.05) is 30.3 Å². The fourth-order valence-corrected chi connectivity index (χ4v) is 3.25. The van der Waals surface area contributed by atoms with Gasteiger partial charge in [-0.2, -0.15) is 4.68 Å². The first-order valence-corrected chi connectivity index (χ1v) is 8.96. The van der Waals surface area contributed by atoms with Gasteiger partial charge in [0.1, 0.15) is 5.69 Å². The van der Waals surface area contributed by atoms with Crippen molar-refractivity contribution in [2.45, 2.75) is 19.0 Å². The van der Waals surface area contributed by atoms with Crippen LogP contribution in [0, 0.1) is 24.0 Å². The van der Waals surface area contributed by atoms with Crippen molar-refractivity contribution in [3.05, 3.63) is 63.7 Å². The van der Waals surface area contributed by atoms with Crippen molar-refractivity contribution in [1.29, 1.82) is 0 Å². The lowest BCUT2D eigenvalue weighted by atomic mass is 10.1. The molecule has 1 aromatic heterocycles. The molecule has 0 saturated carbocycles. The van der Waals surface area contributed by atoms with Gasteiger partial charge in [-0.3, -0.25) is 14.9 Å². The summed E-state index contributed by atoms with van der Waals surface area (Å²) >= 11 is 1.14. The average molecular weight is 384 g/mol. The van der Waals surface area contributed by atoms with Crippen LogP contribution in [0.5, 0.6) is 0 Å². The number of hydrogen-bond donors (Lipinski definition) is 1. The van der Waals surface area contributed by atoms with Crippen LogP contribution >= 0.6 is 11.8 Å². The number of carbonyl (C=O) groups excluding carboxylic acids is 1. The van der Waals surface area contributed by atoms with Gasteiger partial charge >= 0.3 is 0 Å². The number of tetrazole rings is 1. The fourth-order valence-electron chi connectivity index (χ4n) is 2.56. The number of aromatic nitrogens is 4. The Kier molecular flexibility index (Phi) is 5.46. The van der Waals surface area contributed by atoms with E-state index in [2.05, 4.69) is 20.8 Å². The topological polar surface area (TPSA) is 116 Å². The van der Waals surface area contributed by atoms with Crippen LogP contribution in [0.3, 0.4) is 0 Å². The molecule has 27 heavy (non-hydrogen) atoms. The number of aryl methyl sites for hydroxylation is 2. The number of carbonyl (C=O) groups is 1. The molecule has 0 saturated heterocycles. The second kappa shape index (κ2) is 7.96. The number of amides is 1. The molecule has 3 aromatic rings. The van der Waals surface area contributed by atoms with Gasteiger partial charge in [-0.25, -0.2) is 0 Å². The molecule has 0 spiro atoms. The lowest BCUT2D eigenvalue weighted by Gasteiger charge is -2.10. The molecule has 0 fully saturated rings. The highest BCUT2D eigenvalue weighted by atomic mass is 32.2. The number of rotatable bonds is 6. The summed E-state index contributed by atoms with van der Waals surface area (Å²) in [5, 5.41) is 25.8. The lowest BCUT2D eigenvalue weighted by Crippen LogP contribution is -2.16. The second-order valence-electron chi connectivity index (χ2n) is 5.78. The summed E-state index contributed by atoms with van der Waals surface area (Å²) in [6, 6.07) is 12.5. The summed E-state index contributed by atoms with van der Waals surface area (Å²) in [5.74, 6) is -0.366. The maximum Gasteiger partial charge on any atom is 0.293 e. The summed E-state index contributed by atoms with van der Waals surface area (Å²) in [6.07, 6.45) is 0. The number of nitrogens with one attached hydrogen (secondary N) is 1. The Bertz CT molecular complexity index is 990. The number of para-hydroxylation sites is 1. The number of hydrogen-bond acceptors (Lipinski definition) is 7. The lowest BCUT2D eigenvalue weighted by molar-refractivity contribution is -0.384. The van der Waals surface area contributed by atoms with E-state index >= 15 is 0 Å². The van der Waals surface area contributed by atoms with Crippen molar-refractivity contribution in [2.75, 3.05) is 11.1 Å². The number of benzene rings is 2. The SMILES string of the molecule is Cc1cc(C)c(NC(=O)CSc2nnnn2-c2ccccc2)c([N+](=O)[O-])c1. The zero-order valence-electron chi connectivity index (χ0n) is 14.6. The van der Waals surface area contributed by atoms with Crippen molar-refractivity contribution in [3.63, 3.8) is 0 Å². The maximum atomic E-state index is 12.3. The number of nitrogens with zero attached hydrogens (tertiary/aromatic N) is 5. The van der Waals surface area contributed by atoms with E-state index in [1.54, 1.807) is 19.9 Å². The van der Waals surface area contributed by atoms with Gasteiger partial charge in [0.25, 0.3) is 5.69 Å². The van der Waals surface area contributed by atoms with Crippen molar-refractivity contribution in [3.8, 4) is 5.69 Å². The van der Waals surface area contributed by atoms with Crippen LogP contribution in [0.4, 0.5) is 11.4 Å². The first-order chi connectivity index (χ1) is 13.0. The standard InChI is InChI=1S/C17H16N6O3S/c1-11-8-12(2)16(14(9-11)23(25)26)18-15(24)10-27-17-19-20-21-22(17)13-6-4-3-5-7-13/h3-9H,10H2,1-2H3,(H,18,24). The molecule has 9 nitrogen and oxygen atoms in total. The molecule has 1 amide bonds. The highest BCUT2D eigenvalue weighted by molar-refractivity contribution is 7.99. The van der Waals surface area contributed by atoms with Crippen LogP contribution in [0.15, 0.2) is 47.6 Å². The van der Waals surface area contributed by atoms with Crippen molar-refractivity contribution >= 4 is 29.0 Å². The van der Waals surface area contributed by atoms with E-state index in [1.165, 1.54) is 10.7 Å². The molecule has 0 aliphatic rings. The number of anilines is 1. The zero-order valence-corrected chi connectivity index (χ0v) is 15.4. The van der Waals surface area contributed by atoms with Gasteiger partial charge < -0.3 is 5.32 Å². The highest BCUT2D eigenvalue weighted by Crippen LogP contribution is 2.30. The van der Waals surface area contributed by atoms with Gasteiger partial charge in [0, 0.05) is 6.07 Å². The average Bonchev–Trinajstić information content (AvgIpc) is 3.11. The number of thioether (sulfide) groups is 1. The van der Waals surface area contributed by atoms with E-state index in [0.29, 0.717) is 10.7 Å². The summed E-state index contributed by atoms with van der Waals surface area (Å²) in [4.78, 5) is 23.1. The zero-order chi connectivity index (χ0) is 19.4. The predicted molar refractivity (Wildman–Crippen MR) is 101 cm³/mol. The molecule has 3 rings (SSSR count). The largest absolute Gasteiger partial charge is 0.319 e. The molecule has 0 unspecified atom stereocenters. The first-order valence-electron chi connectivity index (χ1n) is 7.98. The molecule has 0 aliphatic heterocycles. The molecule has 0 aliphatic carbocycles. The Hall–Kier alpha value is -3.27. The summed E-state index contributed by atoms with van der Waals surface area (Å²) in [5.41, 5.74) is 2.25. The van der Waals surface area contributed by atoms with E-state index in [0.717, 1.165) is 23.0 Å². The molecule has 1 N–H and O–H groups in total. The van der Waals surface area contributed by atoms with E-state index in [9.17, 15) is 14.9 Å². The Morgan fingerprint density at radius 2 is 2.00 bits per heavy atom. The van der Waals surface area contributed by atoms with Crippen LogP contribution in [-0.4, -0.2) is 36.8 Å². The van der Waals surface area contributed by atoms with Gasteiger partial charge in [0.2, 0.25) is 11.1 Å². The second-order valence-corrected chi connectivity index (χ2v) is 6.72. The molecule has 0 radical (unpaired) electrons. The van der Waals surface area contributed by atoms with Gasteiger partial charge in [-0.15, -0.1) is 5.10 Å². The van der Waals surface area contributed by atoms with E-state index in [4.69, 9.17) is 0 Å². The van der Waals surface area contributed by atoms with Gasteiger partial charge in [0.15, 0.2) is 0 Å². The molecule has 0 atom stereocenters. The summed E-state index contributed by atoms with van der Waals surface area (Å²) < 4.78 is 1.53. The third-order valence-corrected chi connectivity index (χ3v) is 4.61. The van der Waals surface area contributed by atoms with Gasteiger partial charge in [-0.05, 0) is 47.5 Å². The maximum absolute atomic E-state index is 12.3. The van der Waals surface area contributed by atoms with Crippen molar-refractivity contribution in [2.24, 2.45) is 0 Å². The fraction of sp³-hybridized carbons (Fsp3) is 0.176. The molecular weight excluding hydrogens is 368 g/mol. The Morgan fingerprint density at radius 1 is 1.26 bits per heavy atom. The van der Waals surface area contributed by atoms with Crippen molar-refractivity contribution < 1.29 is 9.72 Å². The summed E-state index contributed by atoms with van der Waals surface area (Å²) in [6.45, 7) is 3.49. The minimum absolute atomic E-state index is 0.0116. The van der Waals surface area contributed by atoms with Crippen LogP contribution in [0.1, 0.15) is 11.1 Å². The third-order valence-electron chi connectivity index (χ3n) is 3.69. The monoisotopic (exact) mass is 384 g/mol. The molecule has 2 aromatic carbocycles. The highest BCUT2D eigenvalue weighted by Gasteiger charge is 2.20. The molecule has 138 valence electrons. The Balaban J connectivity index is 1.72. The van der Waals surface area contributed by atoms with E-state index < -0.39 is 4.92 Å². The smallest absolute Gasteiger partial charge is 0.293 e. The van der Waals surface area contributed by atoms with Crippen LogP contribution in [-0.2, 0) is 4.79 Å². The Labute approximate surface area is 158 Å². The predicted octanol–water partition coefficient (Wildman–Crippen LogP) is 2.92. The van der Waals surface area contributed by atoms with Crippen LogP contribution < -0.4 is 5.32 Å². The van der Waals surface area contributed by atoms with Gasteiger partial charge in [-0.1, -0.05) is 36.0 Å². The summed E-state index contributed by atoms with van der Waals surface area (Å²) in [7, 11) is 0. The van der Waals surface area contributed by atoms with E-state index in [-0.39, 0.29) is 23.0 Å². The third kappa shape index (κ3) is 4.29. The van der Waals surface area contributed by atoms with Crippen LogP contribution in [0.2, 0.25) is 0 Å². The minimum atomic E-state index is -0.501. The minimum Gasteiger partial charge on any atom is -0.319 e. The molecule has 1 heterocycles. The van der Waals surface area contributed by atoms with Crippen molar-refractivity contribution in [1.82, 2.24) is 20.2 Å². The molecule has 0 bridgehead atoms. The molecule has 10 heteroatoms. The number of nitro benzene ring substituents is 1. The van der Waals surface area contributed by atoms with Gasteiger partial charge in [0.05, 0.1) is 16.4 Å².